The highest BCUT2D eigenvalue weighted by Crippen LogP contribution is 2.13. The number of hydrogen-bond donors (Lipinski definition) is 1. The van der Waals surface area contributed by atoms with Crippen molar-refractivity contribution in [2.24, 2.45) is 0 Å². The molecule has 1 aromatic carbocycles. The molecule has 0 radical (unpaired) electrons. The van der Waals surface area contributed by atoms with Gasteiger partial charge in [0.1, 0.15) is 0 Å². The van der Waals surface area contributed by atoms with Gasteiger partial charge < -0.3 is 14.8 Å². The molecule has 1 aliphatic heterocycles. The van der Waals surface area contributed by atoms with Gasteiger partial charge in [-0.1, -0.05) is 30.3 Å². The number of nitrogens with one attached hydrogen (secondary N) is 1. The van der Waals surface area contributed by atoms with Crippen molar-refractivity contribution >= 4 is 0 Å². The Morgan fingerprint density at radius 2 is 1.90 bits per heavy atom. The summed E-state index contributed by atoms with van der Waals surface area (Å²) in [6.45, 7) is 9.45. The molecule has 118 valence electrons. The van der Waals surface area contributed by atoms with Gasteiger partial charge >= 0.3 is 0 Å². The summed E-state index contributed by atoms with van der Waals surface area (Å²) in [6.07, 6.45) is 1.07. The molecule has 2 rings (SSSR count). The maximum Gasteiger partial charge on any atom is 0.169 e. The molecule has 0 saturated carbocycles. The van der Waals surface area contributed by atoms with E-state index in [2.05, 4.69) is 40.5 Å². The first-order valence-electron chi connectivity index (χ1n) is 8.04. The van der Waals surface area contributed by atoms with Gasteiger partial charge in [-0.15, -0.1) is 0 Å². The minimum Gasteiger partial charge on any atom is -0.352 e. The van der Waals surface area contributed by atoms with Gasteiger partial charge in [0.05, 0.1) is 0 Å². The van der Waals surface area contributed by atoms with E-state index in [0.29, 0.717) is 19.3 Å². The van der Waals surface area contributed by atoms with Crippen LogP contribution in [0.15, 0.2) is 30.3 Å². The first-order chi connectivity index (χ1) is 10.3. The van der Waals surface area contributed by atoms with Crippen molar-refractivity contribution in [3.05, 3.63) is 35.9 Å². The molecule has 1 fully saturated rings. The quantitative estimate of drug-likeness (QED) is 0.708. The second kappa shape index (κ2) is 9.15. The van der Waals surface area contributed by atoms with Crippen LogP contribution >= 0.6 is 0 Å². The van der Waals surface area contributed by atoms with Crippen LogP contribution in [0.5, 0.6) is 0 Å². The van der Waals surface area contributed by atoms with Crippen molar-refractivity contribution in [2.75, 3.05) is 32.8 Å². The lowest BCUT2D eigenvalue weighted by Gasteiger charge is -2.21. The monoisotopic (exact) mass is 292 g/mol. The molecule has 1 saturated heterocycles. The third-order valence-electron chi connectivity index (χ3n) is 3.80. The molecule has 0 aliphatic carbocycles. The largest absolute Gasteiger partial charge is 0.352 e. The van der Waals surface area contributed by atoms with Gasteiger partial charge in [-0.3, -0.25) is 4.90 Å². The molecule has 0 spiro atoms. The van der Waals surface area contributed by atoms with Crippen LogP contribution in [0.1, 0.15) is 25.8 Å². The van der Waals surface area contributed by atoms with Crippen molar-refractivity contribution < 1.29 is 9.47 Å². The molecule has 4 heteroatoms. The first-order valence-corrected chi connectivity index (χ1v) is 8.04. The molecule has 1 unspecified atom stereocenters. The molecule has 1 heterocycles. The van der Waals surface area contributed by atoms with E-state index in [1.807, 2.05) is 13.8 Å². The normalized spacial score (nSPS) is 19.5. The molecule has 1 aliphatic rings. The standard InChI is InChI=1S/C17H28N2O2/c1-3-20-17(21-4-2)12-18-16-10-11-19(14-16)13-15-8-6-5-7-9-15/h5-9,16-18H,3-4,10-14H2,1-2H3. The Bertz CT molecular complexity index is 380. The zero-order valence-corrected chi connectivity index (χ0v) is 13.3. The fourth-order valence-electron chi connectivity index (χ4n) is 2.79. The summed E-state index contributed by atoms with van der Waals surface area (Å²) in [5.41, 5.74) is 1.39. The van der Waals surface area contributed by atoms with Gasteiger partial charge in [-0.2, -0.15) is 0 Å². The van der Waals surface area contributed by atoms with Crippen LogP contribution in [0.4, 0.5) is 0 Å². The predicted octanol–water partition coefficient (Wildman–Crippen LogP) is 2.25. The van der Waals surface area contributed by atoms with Gasteiger partial charge in [-0.25, -0.2) is 0 Å². The Kier molecular flexibility index (Phi) is 7.16. The number of likely N-dealkylation sites (tertiary alicyclic amines) is 1. The third-order valence-corrected chi connectivity index (χ3v) is 3.80. The fraction of sp³-hybridized carbons (Fsp3) is 0.647. The van der Waals surface area contributed by atoms with Gasteiger partial charge in [0.15, 0.2) is 6.29 Å². The van der Waals surface area contributed by atoms with Crippen LogP contribution in [-0.2, 0) is 16.0 Å². The topological polar surface area (TPSA) is 33.7 Å². The molecule has 4 nitrogen and oxygen atoms in total. The Balaban J connectivity index is 1.70. The molecular weight excluding hydrogens is 264 g/mol. The maximum atomic E-state index is 5.57. The van der Waals surface area contributed by atoms with E-state index in [-0.39, 0.29) is 6.29 Å². The van der Waals surface area contributed by atoms with E-state index in [9.17, 15) is 0 Å². The van der Waals surface area contributed by atoms with Gasteiger partial charge in [0, 0.05) is 45.4 Å². The Morgan fingerprint density at radius 3 is 2.57 bits per heavy atom. The van der Waals surface area contributed by atoms with Crippen LogP contribution in [0, 0.1) is 0 Å². The number of ether oxygens (including phenoxy) is 2. The van der Waals surface area contributed by atoms with E-state index >= 15 is 0 Å². The van der Waals surface area contributed by atoms with Gasteiger partial charge in [-0.05, 0) is 25.8 Å². The van der Waals surface area contributed by atoms with Crippen LogP contribution in [0.2, 0.25) is 0 Å². The number of nitrogens with zero attached hydrogens (tertiary/aromatic N) is 1. The zero-order chi connectivity index (χ0) is 14.9. The second-order valence-electron chi connectivity index (χ2n) is 5.45. The lowest BCUT2D eigenvalue weighted by molar-refractivity contribution is -0.133. The summed E-state index contributed by atoms with van der Waals surface area (Å²) in [7, 11) is 0. The van der Waals surface area contributed by atoms with E-state index < -0.39 is 0 Å². The average Bonchev–Trinajstić information content (AvgIpc) is 2.94. The highest BCUT2D eigenvalue weighted by Gasteiger charge is 2.23. The first kappa shape index (κ1) is 16.4. The number of hydrogen-bond acceptors (Lipinski definition) is 4. The van der Waals surface area contributed by atoms with Crippen LogP contribution in [-0.4, -0.2) is 50.1 Å². The van der Waals surface area contributed by atoms with E-state index in [0.717, 1.165) is 26.2 Å². The van der Waals surface area contributed by atoms with Crippen molar-refractivity contribution in [3.8, 4) is 0 Å². The summed E-state index contributed by atoms with van der Waals surface area (Å²) >= 11 is 0. The molecule has 1 N–H and O–H groups in total. The van der Waals surface area contributed by atoms with Gasteiger partial charge in [0.25, 0.3) is 0 Å². The average molecular weight is 292 g/mol. The van der Waals surface area contributed by atoms with Crippen molar-refractivity contribution in [1.29, 1.82) is 0 Å². The minimum absolute atomic E-state index is 0.122. The SMILES string of the molecule is CCOC(CNC1CCN(Cc2ccccc2)C1)OCC. The highest BCUT2D eigenvalue weighted by atomic mass is 16.7. The van der Waals surface area contributed by atoms with Crippen LogP contribution in [0.3, 0.4) is 0 Å². The Morgan fingerprint density at radius 1 is 1.19 bits per heavy atom. The van der Waals surface area contributed by atoms with Crippen molar-refractivity contribution in [1.82, 2.24) is 10.2 Å². The minimum atomic E-state index is -0.122. The highest BCUT2D eigenvalue weighted by molar-refractivity contribution is 5.14. The summed E-state index contributed by atoms with van der Waals surface area (Å²) < 4.78 is 11.1. The third kappa shape index (κ3) is 5.75. The zero-order valence-electron chi connectivity index (χ0n) is 13.3. The summed E-state index contributed by atoms with van der Waals surface area (Å²) in [5.74, 6) is 0. The fourth-order valence-corrected chi connectivity index (χ4v) is 2.79. The molecular formula is C17H28N2O2. The number of benzene rings is 1. The smallest absolute Gasteiger partial charge is 0.169 e. The molecule has 21 heavy (non-hydrogen) atoms. The van der Waals surface area contributed by atoms with Crippen LogP contribution < -0.4 is 5.32 Å². The summed E-state index contributed by atoms with van der Waals surface area (Å²) in [6, 6.07) is 11.2. The maximum absolute atomic E-state index is 5.57. The van der Waals surface area contributed by atoms with Crippen LogP contribution in [0.25, 0.3) is 0 Å². The van der Waals surface area contributed by atoms with E-state index in [1.54, 1.807) is 0 Å². The van der Waals surface area contributed by atoms with Gasteiger partial charge in [0.2, 0.25) is 0 Å². The van der Waals surface area contributed by atoms with E-state index in [1.165, 1.54) is 12.0 Å². The Hall–Kier alpha value is -0.940. The lowest BCUT2D eigenvalue weighted by atomic mass is 10.2. The summed E-state index contributed by atoms with van der Waals surface area (Å²) in [5, 5.41) is 3.58. The molecule has 1 aromatic rings. The second-order valence-corrected chi connectivity index (χ2v) is 5.45. The molecule has 1 atom stereocenters. The number of rotatable bonds is 9. The lowest BCUT2D eigenvalue weighted by Crippen LogP contribution is -2.39. The molecule has 0 aromatic heterocycles. The molecule has 0 bridgehead atoms. The molecule has 0 amide bonds. The van der Waals surface area contributed by atoms with E-state index in [4.69, 9.17) is 9.47 Å². The van der Waals surface area contributed by atoms with Crippen molar-refractivity contribution in [3.63, 3.8) is 0 Å². The summed E-state index contributed by atoms with van der Waals surface area (Å²) in [4.78, 5) is 2.50. The van der Waals surface area contributed by atoms with Crippen molar-refractivity contribution in [2.45, 2.75) is 39.1 Å². The Labute approximate surface area is 128 Å². The predicted molar refractivity (Wildman–Crippen MR) is 85.2 cm³/mol.